The lowest BCUT2D eigenvalue weighted by molar-refractivity contribution is -0.870. The van der Waals surface area contributed by atoms with Gasteiger partial charge in [-0.15, -0.1) is 0 Å². The van der Waals surface area contributed by atoms with Gasteiger partial charge in [-0.3, -0.25) is 9.59 Å². The van der Waals surface area contributed by atoms with Gasteiger partial charge in [0.05, 0.1) is 40.3 Å². The van der Waals surface area contributed by atoms with E-state index in [1.807, 2.05) is 21.1 Å². The molecule has 0 saturated heterocycles. The lowest BCUT2D eigenvalue weighted by Gasteiger charge is -2.26. The molecule has 0 N–H and O–H groups in total. The van der Waals surface area contributed by atoms with E-state index in [2.05, 4.69) is 86.8 Å². The number of carbonyl (C=O) groups is 3. The number of unbranched alkanes of at least 4 members (excludes halogenated alkanes) is 42. The van der Waals surface area contributed by atoms with Crippen LogP contribution in [0.25, 0.3) is 0 Å². The number of hydrogen-bond acceptors (Lipinski definition) is 8. The van der Waals surface area contributed by atoms with Crippen molar-refractivity contribution in [2.24, 2.45) is 0 Å². The number of aliphatic carboxylic acids is 1. The summed E-state index contributed by atoms with van der Waals surface area (Å²) in [7, 11) is 5.93. The number of carbonyl (C=O) groups excluding carboxylic acids is 3. The van der Waals surface area contributed by atoms with Crippen molar-refractivity contribution in [3.63, 3.8) is 0 Å². The second-order valence-electron chi connectivity index (χ2n) is 26.2. The molecule has 0 aromatic rings. The van der Waals surface area contributed by atoms with E-state index >= 15 is 0 Å². The zero-order chi connectivity index (χ0) is 63.3. The summed E-state index contributed by atoms with van der Waals surface area (Å²) < 4.78 is 22.8. The summed E-state index contributed by atoms with van der Waals surface area (Å²) >= 11 is 0. The lowest BCUT2D eigenvalue weighted by Crippen LogP contribution is -2.44. The molecule has 0 fully saturated rings. The molecule has 0 aromatic carbocycles. The van der Waals surface area contributed by atoms with Gasteiger partial charge in [0.2, 0.25) is 0 Å². The number of carboxylic acid groups (broad SMARTS) is 1. The van der Waals surface area contributed by atoms with Crippen LogP contribution < -0.4 is 5.11 Å². The molecule has 0 aliphatic carbocycles. The standard InChI is InChI=1S/C78H141NO8/c1-6-8-10-12-14-16-18-20-22-24-26-28-30-32-33-34-35-36-37-38-39-40-41-42-43-45-46-48-50-52-54-56-58-60-62-64-66-68-75(80)85-72-74(73-86-78(77(82)83)84-71-70-79(3,4)5)87-76(81)69-67-65-63-61-59-57-55-53-51-49-47-44-31-29-27-25-23-21-19-17-15-13-11-9-7-2/h9,11,15,17,21,23-24,26-27,29,44,47,74,78H,6-8,10,12-14,16,18-20,22,25,28,30-43,45-46,48-73H2,1-5H3/b11-9-,17-15-,23-21-,26-24-,29-27-,47-44-. The second kappa shape index (κ2) is 68.6. The minimum atomic E-state index is -1.63. The maximum Gasteiger partial charge on any atom is 0.306 e. The number of rotatable bonds is 69. The number of ether oxygens (including phenoxy) is 4. The van der Waals surface area contributed by atoms with Crippen molar-refractivity contribution < 1.29 is 42.9 Å². The summed E-state index contributed by atoms with van der Waals surface area (Å²) in [6.45, 7) is 4.67. The molecule has 0 saturated carbocycles. The average molecular weight is 1220 g/mol. The fourth-order valence-electron chi connectivity index (χ4n) is 10.8. The third-order valence-electron chi connectivity index (χ3n) is 16.4. The Balaban J connectivity index is 4.01. The largest absolute Gasteiger partial charge is 0.545 e. The summed E-state index contributed by atoms with van der Waals surface area (Å²) in [5.41, 5.74) is 0. The van der Waals surface area contributed by atoms with Crippen LogP contribution in [0.15, 0.2) is 72.9 Å². The Labute approximate surface area is 538 Å². The van der Waals surface area contributed by atoms with Crippen molar-refractivity contribution in [1.29, 1.82) is 0 Å². The number of allylic oxidation sites excluding steroid dienone is 12. The first-order valence-electron chi connectivity index (χ1n) is 37.1. The SMILES string of the molecule is CC/C=C\C/C=C\C/C=C\C/C=C\C/C=C\CCCCCCCCCCCC(=O)OC(COC(=O)CCCCCCCCCCCCCCCCCCCCCCCCCCC/C=C\CCCCCCCCCC)COC(OCC[N+](C)(C)C)C(=O)[O-]. The highest BCUT2D eigenvalue weighted by Crippen LogP contribution is 2.19. The minimum Gasteiger partial charge on any atom is -0.545 e. The van der Waals surface area contributed by atoms with Crippen LogP contribution in [0, 0.1) is 0 Å². The third kappa shape index (κ3) is 70.1. The molecule has 506 valence electrons. The van der Waals surface area contributed by atoms with Gasteiger partial charge in [0.25, 0.3) is 0 Å². The van der Waals surface area contributed by atoms with Crippen LogP contribution >= 0.6 is 0 Å². The molecule has 0 rings (SSSR count). The van der Waals surface area contributed by atoms with E-state index in [1.54, 1.807) is 0 Å². The van der Waals surface area contributed by atoms with Gasteiger partial charge in [0, 0.05) is 12.8 Å². The highest BCUT2D eigenvalue weighted by Gasteiger charge is 2.22. The van der Waals surface area contributed by atoms with Crippen LogP contribution in [0.2, 0.25) is 0 Å². The zero-order valence-electron chi connectivity index (χ0n) is 57.9. The zero-order valence-corrected chi connectivity index (χ0v) is 57.9. The van der Waals surface area contributed by atoms with Crippen molar-refractivity contribution in [1.82, 2.24) is 0 Å². The predicted molar refractivity (Wildman–Crippen MR) is 371 cm³/mol. The maximum atomic E-state index is 12.9. The van der Waals surface area contributed by atoms with Crippen LogP contribution in [-0.2, 0) is 33.3 Å². The molecule has 0 radical (unpaired) electrons. The molecule has 2 unspecified atom stereocenters. The monoisotopic (exact) mass is 1220 g/mol. The highest BCUT2D eigenvalue weighted by molar-refractivity contribution is 5.70. The molecular weight excluding hydrogens is 1080 g/mol. The predicted octanol–water partition coefficient (Wildman–Crippen LogP) is 21.9. The molecular formula is C78H141NO8. The first kappa shape index (κ1) is 83.7. The molecule has 0 aliphatic rings. The summed E-state index contributed by atoms with van der Waals surface area (Å²) in [6, 6.07) is 0. The normalized spacial score (nSPS) is 13.1. The molecule has 9 heteroatoms. The smallest absolute Gasteiger partial charge is 0.306 e. The Bertz CT molecular complexity index is 1660. The Kier molecular flexibility index (Phi) is 66.1. The maximum absolute atomic E-state index is 12.9. The van der Waals surface area contributed by atoms with Gasteiger partial charge in [0.1, 0.15) is 13.2 Å². The van der Waals surface area contributed by atoms with Crippen LogP contribution in [0.4, 0.5) is 0 Å². The Morgan fingerprint density at radius 1 is 0.356 bits per heavy atom. The molecule has 0 heterocycles. The summed E-state index contributed by atoms with van der Waals surface area (Å²) in [5, 5.41) is 11.8. The van der Waals surface area contributed by atoms with Gasteiger partial charge in [-0.25, -0.2) is 0 Å². The number of esters is 2. The van der Waals surface area contributed by atoms with Gasteiger partial charge in [-0.2, -0.15) is 0 Å². The van der Waals surface area contributed by atoms with E-state index in [0.29, 0.717) is 23.9 Å². The first-order chi connectivity index (χ1) is 42.6. The minimum absolute atomic E-state index is 0.145. The van der Waals surface area contributed by atoms with Crippen molar-refractivity contribution in [3.05, 3.63) is 72.9 Å². The molecule has 0 aromatic heterocycles. The van der Waals surface area contributed by atoms with Gasteiger partial charge in [0.15, 0.2) is 12.4 Å². The van der Waals surface area contributed by atoms with E-state index in [-0.39, 0.29) is 32.2 Å². The van der Waals surface area contributed by atoms with Crippen molar-refractivity contribution >= 4 is 17.9 Å². The number of carboxylic acids is 1. The van der Waals surface area contributed by atoms with Crippen molar-refractivity contribution in [2.45, 2.75) is 360 Å². The fourth-order valence-corrected chi connectivity index (χ4v) is 10.8. The van der Waals surface area contributed by atoms with Crippen LogP contribution in [0.1, 0.15) is 348 Å². The van der Waals surface area contributed by atoms with Crippen molar-refractivity contribution in [2.75, 3.05) is 47.5 Å². The second-order valence-corrected chi connectivity index (χ2v) is 26.2. The van der Waals surface area contributed by atoms with E-state index in [0.717, 1.165) is 77.0 Å². The molecule has 0 aliphatic heterocycles. The number of quaternary nitrogens is 1. The lowest BCUT2D eigenvalue weighted by atomic mass is 10.0. The van der Waals surface area contributed by atoms with Gasteiger partial charge < -0.3 is 33.3 Å². The molecule has 87 heavy (non-hydrogen) atoms. The van der Waals surface area contributed by atoms with Crippen LogP contribution in [-0.4, -0.2) is 82.3 Å². The molecule has 9 nitrogen and oxygen atoms in total. The molecule has 0 amide bonds. The van der Waals surface area contributed by atoms with E-state index in [9.17, 15) is 19.5 Å². The Hall–Kier alpha value is -3.27. The third-order valence-corrected chi connectivity index (χ3v) is 16.4. The van der Waals surface area contributed by atoms with Gasteiger partial charge in [-0.1, -0.05) is 324 Å². The van der Waals surface area contributed by atoms with Gasteiger partial charge >= 0.3 is 11.9 Å². The number of hydrogen-bond donors (Lipinski definition) is 0. The van der Waals surface area contributed by atoms with Crippen LogP contribution in [0.5, 0.6) is 0 Å². The summed E-state index contributed by atoms with van der Waals surface area (Å²) in [6.07, 6.45) is 88.7. The molecule has 2 atom stereocenters. The Morgan fingerprint density at radius 2 is 0.655 bits per heavy atom. The van der Waals surface area contributed by atoms with E-state index in [1.165, 1.54) is 238 Å². The number of nitrogens with zero attached hydrogens (tertiary/aromatic N) is 1. The average Bonchev–Trinajstić information content (AvgIpc) is 3.59. The van der Waals surface area contributed by atoms with E-state index in [4.69, 9.17) is 18.9 Å². The molecule has 0 bridgehead atoms. The quantitative estimate of drug-likeness (QED) is 0.0195. The topological polar surface area (TPSA) is 111 Å². The fraction of sp³-hybridized carbons (Fsp3) is 0.808. The Morgan fingerprint density at radius 3 is 0.989 bits per heavy atom. The summed E-state index contributed by atoms with van der Waals surface area (Å²) in [4.78, 5) is 37.5. The van der Waals surface area contributed by atoms with E-state index < -0.39 is 24.3 Å². The van der Waals surface area contributed by atoms with Crippen molar-refractivity contribution in [3.8, 4) is 0 Å². The molecule has 0 spiro atoms. The summed E-state index contributed by atoms with van der Waals surface area (Å²) in [5.74, 6) is -2.28. The highest BCUT2D eigenvalue weighted by atomic mass is 16.7. The van der Waals surface area contributed by atoms with Crippen LogP contribution in [0.3, 0.4) is 0 Å². The van der Waals surface area contributed by atoms with Gasteiger partial charge in [-0.05, 0) is 83.5 Å². The first-order valence-corrected chi connectivity index (χ1v) is 37.1. The number of likely N-dealkylation sites (N-methyl/N-ethyl adjacent to an activating group) is 1.